The van der Waals surface area contributed by atoms with Crippen molar-refractivity contribution >= 4 is 11.6 Å². The van der Waals surface area contributed by atoms with Crippen molar-refractivity contribution < 1.29 is 8.78 Å². The van der Waals surface area contributed by atoms with Crippen LogP contribution < -0.4 is 0 Å². The van der Waals surface area contributed by atoms with E-state index < -0.39 is 11.6 Å². The lowest BCUT2D eigenvalue weighted by Crippen LogP contribution is -1.88. The minimum absolute atomic E-state index is 0.341. The molecule has 0 spiro atoms. The quantitative estimate of drug-likeness (QED) is 0.727. The van der Waals surface area contributed by atoms with Crippen molar-refractivity contribution in [2.45, 2.75) is 5.88 Å². The summed E-state index contributed by atoms with van der Waals surface area (Å²) in [5.41, 5.74) is 1.78. The van der Waals surface area contributed by atoms with Crippen LogP contribution in [0, 0.1) is 11.6 Å². The highest BCUT2D eigenvalue weighted by atomic mass is 35.5. The zero-order chi connectivity index (χ0) is 11.5. The van der Waals surface area contributed by atoms with Crippen LogP contribution in [0.25, 0.3) is 11.3 Å². The standard InChI is InChI=1S/C12H8ClF2N/c13-7-8-1-2-16-12(3-8)9-4-10(14)6-11(15)5-9/h1-6H,7H2. The molecule has 0 bridgehead atoms. The fourth-order valence-electron chi connectivity index (χ4n) is 1.42. The van der Waals surface area contributed by atoms with E-state index >= 15 is 0 Å². The number of hydrogen-bond donors (Lipinski definition) is 0. The second-order valence-electron chi connectivity index (χ2n) is 3.34. The lowest BCUT2D eigenvalue weighted by Gasteiger charge is -2.03. The molecule has 0 radical (unpaired) electrons. The highest BCUT2D eigenvalue weighted by molar-refractivity contribution is 6.17. The Morgan fingerprint density at radius 2 is 1.75 bits per heavy atom. The summed E-state index contributed by atoms with van der Waals surface area (Å²) >= 11 is 5.67. The van der Waals surface area contributed by atoms with E-state index in [0.29, 0.717) is 17.1 Å². The van der Waals surface area contributed by atoms with Crippen molar-refractivity contribution in [3.8, 4) is 11.3 Å². The summed E-state index contributed by atoms with van der Waals surface area (Å²) in [5, 5.41) is 0. The minimum atomic E-state index is -0.618. The Labute approximate surface area is 96.7 Å². The lowest BCUT2D eigenvalue weighted by atomic mass is 10.1. The molecule has 0 aliphatic heterocycles. The number of halogens is 3. The van der Waals surface area contributed by atoms with Gasteiger partial charge in [-0.2, -0.15) is 0 Å². The maximum Gasteiger partial charge on any atom is 0.126 e. The largest absolute Gasteiger partial charge is 0.256 e. The topological polar surface area (TPSA) is 12.9 Å². The van der Waals surface area contributed by atoms with Crippen molar-refractivity contribution in [1.82, 2.24) is 4.98 Å². The third-order valence-electron chi connectivity index (χ3n) is 2.14. The summed E-state index contributed by atoms with van der Waals surface area (Å²) in [6.07, 6.45) is 1.57. The molecular weight excluding hydrogens is 232 g/mol. The summed E-state index contributed by atoms with van der Waals surface area (Å²) in [6.45, 7) is 0. The Kier molecular flexibility index (Phi) is 3.15. The molecule has 0 unspecified atom stereocenters. The van der Waals surface area contributed by atoms with Crippen LogP contribution in [0.4, 0.5) is 8.78 Å². The van der Waals surface area contributed by atoms with Gasteiger partial charge in [0.25, 0.3) is 0 Å². The van der Waals surface area contributed by atoms with Crippen molar-refractivity contribution in [2.24, 2.45) is 0 Å². The molecule has 1 aromatic carbocycles. The number of aromatic nitrogens is 1. The molecule has 0 saturated carbocycles. The van der Waals surface area contributed by atoms with Crippen LogP contribution >= 0.6 is 11.6 Å². The maximum atomic E-state index is 13.0. The van der Waals surface area contributed by atoms with Gasteiger partial charge in [-0.1, -0.05) is 0 Å². The van der Waals surface area contributed by atoms with Crippen LogP contribution in [-0.2, 0) is 5.88 Å². The number of hydrogen-bond acceptors (Lipinski definition) is 1. The Morgan fingerprint density at radius 3 is 2.38 bits per heavy atom. The highest BCUT2D eigenvalue weighted by Crippen LogP contribution is 2.20. The zero-order valence-corrected chi connectivity index (χ0v) is 9.01. The normalized spacial score (nSPS) is 10.4. The average molecular weight is 240 g/mol. The summed E-state index contributed by atoms with van der Waals surface area (Å²) in [5.74, 6) is -0.894. The Balaban J connectivity index is 2.49. The van der Waals surface area contributed by atoms with Crippen molar-refractivity contribution in [3.63, 3.8) is 0 Å². The van der Waals surface area contributed by atoms with Crippen molar-refractivity contribution in [2.75, 3.05) is 0 Å². The van der Waals surface area contributed by atoms with E-state index in [1.165, 1.54) is 12.1 Å². The predicted octanol–water partition coefficient (Wildman–Crippen LogP) is 3.77. The lowest BCUT2D eigenvalue weighted by molar-refractivity contribution is 0.584. The van der Waals surface area contributed by atoms with Gasteiger partial charge < -0.3 is 0 Å². The van der Waals surface area contributed by atoms with Gasteiger partial charge in [-0.05, 0) is 29.8 Å². The Morgan fingerprint density at radius 1 is 1.06 bits per heavy atom. The number of rotatable bonds is 2. The van der Waals surface area contributed by atoms with Gasteiger partial charge in [0.05, 0.1) is 5.69 Å². The van der Waals surface area contributed by atoms with Gasteiger partial charge in [0, 0.05) is 23.7 Å². The molecule has 1 heterocycles. The molecule has 0 aliphatic rings. The Hall–Kier alpha value is -1.48. The zero-order valence-electron chi connectivity index (χ0n) is 8.25. The van der Waals surface area contributed by atoms with Gasteiger partial charge >= 0.3 is 0 Å². The van der Waals surface area contributed by atoms with Gasteiger partial charge in [-0.25, -0.2) is 8.78 Å². The predicted molar refractivity (Wildman–Crippen MR) is 59.1 cm³/mol. The van der Waals surface area contributed by atoms with Crippen LogP contribution in [-0.4, -0.2) is 4.98 Å². The van der Waals surface area contributed by atoms with Crippen LogP contribution in [0.2, 0.25) is 0 Å². The molecule has 4 heteroatoms. The number of benzene rings is 1. The van der Waals surface area contributed by atoms with Gasteiger partial charge in [0.2, 0.25) is 0 Å². The van der Waals surface area contributed by atoms with E-state index in [1.807, 2.05) is 0 Å². The summed E-state index contributed by atoms with van der Waals surface area (Å²) in [4.78, 5) is 4.05. The first-order valence-electron chi connectivity index (χ1n) is 4.66. The number of alkyl halides is 1. The molecule has 0 fully saturated rings. The molecule has 1 nitrogen and oxygen atoms in total. The van der Waals surface area contributed by atoms with Crippen LogP contribution in [0.15, 0.2) is 36.5 Å². The molecule has 0 saturated heterocycles. The molecule has 0 aliphatic carbocycles. The van der Waals surface area contributed by atoms with Crippen molar-refractivity contribution in [3.05, 3.63) is 53.7 Å². The van der Waals surface area contributed by atoms with Crippen LogP contribution in [0.3, 0.4) is 0 Å². The molecule has 0 amide bonds. The van der Waals surface area contributed by atoms with E-state index in [-0.39, 0.29) is 0 Å². The van der Waals surface area contributed by atoms with Crippen LogP contribution in [0.1, 0.15) is 5.56 Å². The third kappa shape index (κ3) is 2.36. The van der Waals surface area contributed by atoms with E-state index in [9.17, 15) is 8.78 Å². The maximum absolute atomic E-state index is 13.0. The highest BCUT2D eigenvalue weighted by Gasteiger charge is 2.04. The first-order valence-corrected chi connectivity index (χ1v) is 5.20. The van der Waals surface area contributed by atoms with E-state index in [4.69, 9.17) is 11.6 Å². The van der Waals surface area contributed by atoms with E-state index in [2.05, 4.69) is 4.98 Å². The fourth-order valence-corrected chi connectivity index (χ4v) is 1.58. The van der Waals surface area contributed by atoms with E-state index in [1.54, 1.807) is 18.3 Å². The molecule has 0 N–H and O–H groups in total. The number of pyridine rings is 1. The van der Waals surface area contributed by atoms with Gasteiger partial charge in [-0.3, -0.25) is 4.98 Å². The first kappa shape index (κ1) is 11.0. The molecule has 2 rings (SSSR count). The van der Waals surface area contributed by atoms with Crippen molar-refractivity contribution in [1.29, 1.82) is 0 Å². The smallest absolute Gasteiger partial charge is 0.126 e. The summed E-state index contributed by atoms with van der Waals surface area (Å²) in [6, 6.07) is 6.77. The minimum Gasteiger partial charge on any atom is -0.256 e. The van der Waals surface area contributed by atoms with Gasteiger partial charge in [0.15, 0.2) is 0 Å². The molecule has 1 aromatic heterocycles. The monoisotopic (exact) mass is 239 g/mol. The summed E-state index contributed by atoms with van der Waals surface area (Å²) < 4.78 is 26.0. The second kappa shape index (κ2) is 4.58. The Bertz CT molecular complexity index is 494. The number of nitrogens with zero attached hydrogens (tertiary/aromatic N) is 1. The molecule has 82 valence electrons. The molecule has 0 atom stereocenters. The third-order valence-corrected chi connectivity index (χ3v) is 2.45. The summed E-state index contributed by atoms with van der Waals surface area (Å²) in [7, 11) is 0. The van der Waals surface area contributed by atoms with Gasteiger partial charge in [0.1, 0.15) is 11.6 Å². The SMILES string of the molecule is Fc1cc(F)cc(-c2cc(CCl)ccn2)c1. The molecule has 2 aromatic rings. The first-order chi connectivity index (χ1) is 7.69. The van der Waals surface area contributed by atoms with Gasteiger partial charge in [-0.15, -0.1) is 11.6 Å². The molecular formula is C12H8ClF2N. The second-order valence-corrected chi connectivity index (χ2v) is 3.61. The van der Waals surface area contributed by atoms with Crippen LogP contribution in [0.5, 0.6) is 0 Å². The van der Waals surface area contributed by atoms with E-state index in [0.717, 1.165) is 11.6 Å². The molecule has 16 heavy (non-hydrogen) atoms. The fraction of sp³-hybridized carbons (Fsp3) is 0.0833. The average Bonchev–Trinajstić information content (AvgIpc) is 2.28.